The fourth-order valence-corrected chi connectivity index (χ4v) is 2.62. The predicted molar refractivity (Wildman–Crippen MR) is 69.0 cm³/mol. The largest absolute Gasteiger partial charge is 0.419 e. The molecule has 10 heteroatoms. The van der Waals surface area contributed by atoms with E-state index in [1.54, 1.807) is 0 Å². The Morgan fingerprint density at radius 3 is 2.38 bits per heavy atom. The SMILES string of the molecule is CCCC(O)(Cn1cc(S(=O)(=O)N(C)C)cn1)C(F)(F)F. The van der Waals surface area contributed by atoms with Crippen molar-refractivity contribution in [1.29, 1.82) is 0 Å². The van der Waals surface area contributed by atoms with Crippen molar-refractivity contribution in [2.45, 2.75) is 43.0 Å². The van der Waals surface area contributed by atoms with Gasteiger partial charge in [-0.2, -0.15) is 18.3 Å². The van der Waals surface area contributed by atoms with Crippen LogP contribution < -0.4 is 0 Å². The molecule has 0 bridgehead atoms. The van der Waals surface area contributed by atoms with Gasteiger partial charge in [0.15, 0.2) is 5.60 Å². The summed E-state index contributed by atoms with van der Waals surface area (Å²) in [5.41, 5.74) is -2.94. The zero-order valence-electron chi connectivity index (χ0n) is 11.9. The van der Waals surface area contributed by atoms with Gasteiger partial charge in [0, 0.05) is 20.3 Å². The standard InChI is InChI=1S/C11H18F3N3O3S/c1-4-5-10(18,11(12,13)14)8-17-7-9(6-15-17)21(19,20)16(2)3/h6-7,18H,4-5,8H2,1-3H3. The van der Waals surface area contributed by atoms with Crippen molar-refractivity contribution in [2.75, 3.05) is 14.1 Å². The van der Waals surface area contributed by atoms with Crippen molar-refractivity contribution in [3.63, 3.8) is 0 Å². The lowest BCUT2D eigenvalue weighted by Crippen LogP contribution is -2.48. The minimum Gasteiger partial charge on any atom is -0.379 e. The van der Waals surface area contributed by atoms with Gasteiger partial charge in [-0.15, -0.1) is 0 Å². The third-order valence-electron chi connectivity index (χ3n) is 3.00. The number of hydrogen-bond donors (Lipinski definition) is 1. The number of sulfonamides is 1. The molecule has 1 aromatic rings. The molecule has 0 fully saturated rings. The number of rotatable bonds is 6. The van der Waals surface area contributed by atoms with Crippen molar-refractivity contribution in [1.82, 2.24) is 14.1 Å². The van der Waals surface area contributed by atoms with Crippen LogP contribution in [-0.4, -0.2) is 53.5 Å². The fraction of sp³-hybridized carbons (Fsp3) is 0.727. The average molecular weight is 329 g/mol. The Bertz CT molecular complexity index is 583. The topological polar surface area (TPSA) is 75.4 Å². The van der Waals surface area contributed by atoms with Crippen molar-refractivity contribution >= 4 is 10.0 Å². The van der Waals surface area contributed by atoms with Crippen LogP contribution in [0.5, 0.6) is 0 Å². The van der Waals surface area contributed by atoms with Crippen molar-refractivity contribution in [2.24, 2.45) is 0 Å². The smallest absolute Gasteiger partial charge is 0.379 e. The van der Waals surface area contributed by atoms with Crippen molar-refractivity contribution < 1.29 is 26.7 Å². The molecule has 6 nitrogen and oxygen atoms in total. The molecule has 0 amide bonds. The molecule has 1 atom stereocenters. The van der Waals surface area contributed by atoms with Crippen molar-refractivity contribution in [3.8, 4) is 0 Å². The van der Waals surface area contributed by atoms with Gasteiger partial charge < -0.3 is 5.11 Å². The molecule has 0 saturated carbocycles. The van der Waals surface area contributed by atoms with Gasteiger partial charge in [-0.1, -0.05) is 13.3 Å². The Kier molecular flexibility index (Phi) is 5.06. The van der Waals surface area contributed by atoms with E-state index in [0.717, 1.165) is 21.4 Å². The molecule has 0 saturated heterocycles. The van der Waals surface area contributed by atoms with E-state index >= 15 is 0 Å². The first-order valence-electron chi connectivity index (χ1n) is 6.18. The summed E-state index contributed by atoms with van der Waals surface area (Å²) in [6, 6.07) is 0. The normalized spacial score (nSPS) is 16.2. The minimum atomic E-state index is -4.82. The maximum absolute atomic E-state index is 12.9. The second kappa shape index (κ2) is 5.93. The molecule has 0 aliphatic rings. The van der Waals surface area contributed by atoms with Gasteiger partial charge >= 0.3 is 6.18 Å². The van der Waals surface area contributed by atoms with Gasteiger partial charge in [-0.05, 0) is 6.42 Å². The van der Waals surface area contributed by atoms with Crippen LogP contribution in [0.15, 0.2) is 17.3 Å². The molecule has 1 aromatic heterocycles. The number of aliphatic hydroxyl groups is 1. The minimum absolute atomic E-state index is 0.125. The van der Waals surface area contributed by atoms with E-state index in [9.17, 15) is 26.7 Å². The Morgan fingerprint density at radius 1 is 1.38 bits per heavy atom. The summed E-state index contributed by atoms with van der Waals surface area (Å²) in [6.45, 7) is 0.662. The molecule has 1 N–H and O–H groups in total. The van der Waals surface area contributed by atoms with E-state index in [1.165, 1.54) is 21.0 Å². The molecule has 21 heavy (non-hydrogen) atoms. The molecule has 0 aromatic carbocycles. The van der Waals surface area contributed by atoms with Crippen LogP contribution in [0.4, 0.5) is 13.2 Å². The van der Waals surface area contributed by atoms with Crippen LogP contribution in [-0.2, 0) is 16.6 Å². The highest BCUT2D eigenvalue weighted by Gasteiger charge is 2.53. The van der Waals surface area contributed by atoms with Gasteiger partial charge in [-0.3, -0.25) is 4.68 Å². The summed E-state index contributed by atoms with van der Waals surface area (Å²) in [6.07, 6.45) is -3.26. The Morgan fingerprint density at radius 2 is 1.95 bits per heavy atom. The quantitative estimate of drug-likeness (QED) is 0.852. The molecule has 1 unspecified atom stereocenters. The lowest BCUT2D eigenvalue weighted by Gasteiger charge is -2.30. The summed E-state index contributed by atoms with van der Waals surface area (Å²) in [4.78, 5) is -0.228. The maximum Gasteiger partial charge on any atom is 0.419 e. The summed E-state index contributed by atoms with van der Waals surface area (Å²) in [5.74, 6) is 0. The summed E-state index contributed by atoms with van der Waals surface area (Å²) < 4.78 is 64.1. The van der Waals surface area contributed by atoms with E-state index in [-0.39, 0.29) is 11.3 Å². The first kappa shape index (κ1) is 17.9. The van der Waals surface area contributed by atoms with Crippen molar-refractivity contribution in [3.05, 3.63) is 12.4 Å². The molecular weight excluding hydrogens is 311 g/mol. The monoisotopic (exact) mass is 329 g/mol. The predicted octanol–water partition coefficient (Wildman–Crippen LogP) is 1.23. The van der Waals surface area contributed by atoms with Gasteiger partial charge in [0.25, 0.3) is 0 Å². The average Bonchev–Trinajstić information content (AvgIpc) is 2.76. The lowest BCUT2D eigenvalue weighted by molar-refractivity contribution is -0.268. The summed E-state index contributed by atoms with van der Waals surface area (Å²) >= 11 is 0. The Balaban J connectivity index is 3.07. The number of halogens is 3. The van der Waals surface area contributed by atoms with Crippen LogP contribution in [0.25, 0.3) is 0 Å². The second-order valence-electron chi connectivity index (χ2n) is 4.94. The molecule has 0 aliphatic carbocycles. The van der Waals surface area contributed by atoms with Gasteiger partial charge in [0.05, 0.1) is 12.7 Å². The molecule has 1 heterocycles. The zero-order chi connectivity index (χ0) is 16.5. The maximum atomic E-state index is 12.9. The highest BCUT2D eigenvalue weighted by Crippen LogP contribution is 2.35. The van der Waals surface area contributed by atoms with Gasteiger partial charge in [0.2, 0.25) is 10.0 Å². The fourth-order valence-electron chi connectivity index (χ4n) is 1.77. The lowest BCUT2D eigenvalue weighted by atomic mass is 9.97. The molecule has 122 valence electrons. The second-order valence-corrected chi connectivity index (χ2v) is 7.09. The Hall–Kier alpha value is -1.13. The summed E-state index contributed by atoms with van der Waals surface area (Å²) in [5, 5.41) is 13.4. The van der Waals surface area contributed by atoms with Crippen LogP contribution >= 0.6 is 0 Å². The van der Waals surface area contributed by atoms with E-state index in [2.05, 4.69) is 5.10 Å². The summed E-state index contributed by atoms with van der Waals surface area (Å²) in [7, 11) is -1.17. The van der Waals surface area contributed by atoms with Crippen LogP contribution in [0.1, 0.15) is 19.8 Å². The number of aromatic nitrogens is 2. The molecular formula is C11H18F3N3O3S. The van der Waals surface area contributed by atoms with Crippen LogP contribution in [0.2, 0.25) is 0 Å². The molecule has 0 spiro atoms. The van der Waals surface area contributed by atoms with Gasteiger partial charge in [0.1, 0.15) is 4.90 Å². The number of alkyl halides is 3. The third-order valence-corrected chi connectivity index (χ3v) is 4.77. The van der Waals surface area contributed by atoms with Crippen LogP contribution in [0, 0.1) is 0 Å². The van der Waals surface area contributed by atoms with E-state index in [1.807, 2.05) is 0 Å². The van der Waals surface area contributed by atoms with Crippen LogP contribution in [0.3, 0.4) is 0 Å². The van der Waals surface area contributed by atoms with Gasteiger partial charge in [-0.25, -0.2) is 12.7 Å². The molecule has 1 rings (SSSR count). The number of hydrogen-bond acceptors (Lipinski definition) is 4. The molecule has 0 aliphatic heterocycles. The highest BCUT2D eigenvalue weighted by molar-refractivity contribution is 7.89. The van der Waals surface area contributed by atoms with E-state index in [4.69, 9.17) is 0 Å². The first-order chi connectivity index (χ1) is 9.44. The third kappa shape index (κ3) is 3.74. The Labute approximate surface area is 121 Å². The zero-order valence-corrected chi connectivity index (χ0v) is 12.7. The highest BCUT2D eigenvalue weighted by atomic mass is 32.2. The first-order valence-corrected chi connectivity index (χ1v) is 7.62. The molecule has 0 radical (unpaired) electrons. The van der Waals surface area contributed by atoms with E-state index in [0.29, 0.717) is 0 Å². The van der Waals surface area contributed by atoms with E-state index < -0.39 is 34.8 Å². The number of nitrogens with zero attached hydrogens (tertiary/aromatic N) is 3.